The Balaban J connectivity index is 0.000000720. The standard InChI is InChI=1S/C4H4O6.K.Sb/c5-1(3(7)8)2(6)4(9)10;;/h1-2H,(H,7,8)(H,9,10);;/q-2;+1;+3/p-2. The van der Waals surface area contributed by atoms with Crippen LogP contribution >= 0.6 is 0 Å². The fourth-order valence-corrected chi connectivity index (χ4v) is 4.11. The molecule has 0 aromatic carbocycles. The molecule has 2 unspecified atom stereocenters. The first kappa shape index (κ1) is 11.4. The average Bonchev–Trinajstić information content (AvgIpc) is 2.43. The third kappa shape index (κ3) is 1.88. The summed E-state index contributed by atoms with van der Waals surface area (Å²) in [7, 11) is 0. The Morgan fingerprint density at radius 1 is 1.50 bits per heavy atom. The van der Waals surface area contributed by atoms with Crippen LogP contribution < -0.4 is 56.5 Å². The van der Waals surface area contributed by atoms with Crippen molar-refractivity contribution in [1.82, 2.24) is 0 Å². The van der Waals surface area contributed by atoms with Gasteiger partial charge in [0.1, 0.15) is 0 Å². The quantitative estimate of drug-likeness (QED) is 0.449. The Morgan fingerprint density at radius 3 is 2.50 bits per heavy atom. The molecule has 0 aliphatic carbocycles. The number of carbonyl (C=O) groups is 2. The maximum Gasteiger partial charge on any atom is 1.00 e. The number of carboxylic acid groups (broad SMARTS) is 1. The van der Waals surface area contributed by atoms with Crippen LogP contribution in [-0.4, -0.2) is 45.6 Å². The maximum absolute atomic E-state index is 10.7. The topological polar surface area (TPSA) is 84.9 Å². The fraction of sp³-hybridized carbons (Fsp3) is 0.500. The fourth-order valence-electron chi connectivity index (χ4n) is 0.823. The van der Waals surface area contributed by atoms with Crippen molar-refractivity contribution < 1.29 is 75.1 Å². The molecule has 2 rings (SSSR count). The Kier molecular flexibility index (Phi) is 4.01. The molecule has 2 bridgehead atoms. The van der Waals surface area contributed by atoms with E-state index in [1.54, 1.807) is 0 Å². The number of hydrogen-bond donors (Lipinski definition) is 0. The van der Waals surface area contributed by atoms with Crippen LogP contribution in [0.1, 0.15) is 0 Å². The molecule has 2 aliphatic rings. The molecular formula is C4H2KO6Sb. The van der Waals surface area contributed by atoms with E-state index in [-0.39, 0.29) is 51.4 Å². The molecule has 2 heterocycles. The largest absolute Gasteiger partial charge is 1.00 e. The number of aliphatic carboxylic acids is 1. The van der Waals surface area contributed by atoms with E-state index in [2.05, 4.69) is 3.02 Å². The summed E-state index contributed by atoms with van der Waals surface area (Å²) in [5.74, 6) is -2.05. The zero-order chi connectivity index (χ0) is 8.01. The predicted molar refractivity (Wildman–Crippen MR) is 26.6 cm³/mol. The van der Waals surface area contributed by atoms with Crippen LogP contribution in [0.25, 0.3) is 0 Å². The zero-order valence-corrected chi connectivity index (χ0v) is 11.7. The van der Waals surface area contributed by atoms with Crippen molar-refractivity contribution >= 4 is 33.4 Å². The van der Waals surface area contributed by atoms with Gasteiger partial charge in [0.25, 0.3) is 0 Å². The molecule has 6 nitrogen and oxygen atoms in total. The number of hydrogen-bond acceptors (Lipinski definition) is 6. The Labute approximate surface area is 119 Å². The van der Waals surface area contributed by atoms with Gasteiger partial charge >= 0.3 is 121 Å². The van der Waals surface area contributed by atoms with Gasteiger partial charge in [-0.1, -0.05) is 0 Å². The first-order valence-electron chi connectivity index (χ1n) is 2.75. The molecule has 0 aromatic heterocycles. The van der Waals surface area contributed by atoms with Gasteiger partial charge in [-0.3, -0.25) is 0 Å². The Bertz CT molecular complexity index is 232. The number of carboxylic acids is 1. The van der Waals surface area contributed by atoms with Gasteiger partial charge in [0.2, 0.25) is 0 Å². The summed E-state index contributed by atoms with van der Waals surface area (Å²) in [5, 5.41) is 10.2. The molecule has 2 aliphatic heterocycles. The monoisotopic (exact) mass is 306 g/mol. The third-order valence-electron chi connectivity index (χ3n) is 1.30. The van der Waals surface area contributed by atoms with Crippen molar-refractivity contribution in [2.45, 2.75) is 12.2 Å². The van der Waals surface area contributed by atoms with Gasteiger partial charge in [-0.25, -0.2) is 0 Å². The van der Waals surface area contributed by atoms with E-state index in [9.17, 15) is 14.7 Å². The third-order valence-corrected chi connectivity index (χ3v) is 4.52. The summed E-state index contributed by atoms with van der Waals surface area (Å²) in [6.07, 6.45) is -2.30. The first-order chi connectivity index (χ1) is 5.18. The van der Waals surface area contributed by atoms with Crippen LogP contribution in [0, 0.1) is 0 Å². The maximum atomic E-state index is 10.7. The summed E-state index contributed by atoms with van der Waals surface area (Å²) >= 11 is -2.84. The molecule has 12 heavy (non-hydrogen) atoms. The molecule has 0 N–H and O–H groups in total. The second-order valence-corrected chi connectivity index (χ2v) is 5.01. The van der Waals surface area contributed by atoms with E-state index < -0.39 is 45.6 Å². The minimum Gasteiger partial charge on any atom is 1.00 e. The minimum absolute atomic E-state index is 0. The summed E-state index contributed by atoms with van der Waals surface area (Å²) in [6.45, 7) is 0. The minimum atomic E-state index is -2.84. The van der Waals surface area contributed by atoms with E-state index in [1.165, 1.54) is 0 Å². The predicted octanol–water partition coefficient (Wildman–Crippen LogP) is -5.93. The smallest absolute Gasteiger partial charge is 1.00 e. The van der Waals surface area contributed by atoms with Crippen LogP contribution in [0.2, 0.25) is 0 Å². The van der Waals surface area contributed by atoms with Crippen LogP contribution in [0.15, 0.2) is 0 Å². The molecule has 2 fully saturated rings. The second-order valence-electron chi connectivity index (χ2n) is 2.00. The summed E-state index contributed by atoms with van der Waals surface area (Å²) in [4.78, 5) is 20.9. The van der Waals surface area contributed by atoms with Gasteiger partial charge in [-0.2, -0.15) is 0 Å². The first-order valence-corrected chi connectivity index (χ1v) is 5.87. The Morgan fingerprint density at radius 2 is 2.17 bits per heavy atom. The van der Waals surface area contributed by atoms with Crippen LogP contribution in [0.3, 0.4) is 0 Å². The van der Waals surface area contributed by atoms with Gasteiger partial charge in [0.05, 0.1) is 0 Å². The van der Waals surface area contributed by atoms with Gasteiger partial charge in [0.15, 0.2) is 0 Å². The molecule has 0 amide bonds. The van der Waals surface area contributed by atoms with E-state index in [4.69, 9.17) is 6.03 Å². The number of fused-ring (bicyclic) bond motifs is 2. The van der Waals surface area contributed by atoms with Crippen molar-refractivity contribution in [3.8, 4) is 0 Å². The molecule has 0 spiro atoms. The second kappa shape index (κ2) is 4.23. The Hall–Kier alpha value is 1.31. The van der Waals surface area contributed by atoms with E-state index in [1.807, 2.05) is 0 Å². The molecule has 0 aromatic rings. The molecule has 2 atom stereocenters. The van der Waals surface area contributed by atoms with E-state index >= 15 is 0 Å². The van der Waals surface area contributed by atoms with Gasteiger partial charge in [0, 0.05) is 0 Å². The van der Waals surface area contributed by atoms with Crippen LogP contribution in [-0.2, 0) is 18.6 Å². The molecule has 0 radical (unpaired) electrons. The van der Waals surface area contributed by atoms with Gasteiger partial charge in [-0.05, 0) is 0 Å². The van der Waals surface area contributed by atoms with E-state index in [0.29, 0.717) is 0 Å². The molecule has 2 saturated heterocycles. The summed E-state index contributed by atoms with van der Waals surface area (Å²) < 4.78 is 14.1. The van der Waals surface area contributed by atoms with Crippen molar-refractivity contribution in [1.29, 1.82) is 0 Å². The normalized spacial score (nSPS) is 32.8. The van der Waals surface area contributed by atoms with Crippen LogP contribution in [0.4, 0.5) is 0 Å². The molecular weight excluding hydrogens is 305 g/mol. The SMILES string of the molecule is O=C([O-])C1[O][Sb]2[O]C(=O)C1[O]2.[K+]. The van der Waals surface area contributed by atoms with Crippen molar-refractivity contribution in [2.24, 2.45) is 0 Å². The van der Waals surface area contributed by atoms with Gasteiger partial charge < -0.3 is 0 Å². The van der Waals surface area contributed by atoms with Gasteiger partial charge in [-0.15, -0.1) is 0 Å². The number of carbonyl (C=O) groups excluding carboxylic acids is 2. The number of rotatable bonds is 1. The molecule has 0 saturated carbocycles. The molecule has 8 heteroatoms. The van der Waals surface area contributed by atoms with Crippen molar-refractivity contribution in [3.05, 3.63) is 0 Å². The zero-order valence-electron chi connectivity index (χ0n) is 6.05. The van der Waals surface area contributed by atoms with E-state index in [0.717, 1.165) is 0 Å². The molecule has 60 valence electrons. The van der Waals surface area contributed by atoms with Crippen molar-refractivity contribution in [2.75, 3.05) is 0 Å². The van der Waals surface area contributed by atoms with Crippen LogP contribution in [0.5, 0.6) is 0 Å². The summed E-state index contributed by atoms with van der Waals surface area (Å²) in [5.41, 5.74) is 0. The van der Waals surface area contributed by atoms with Crippen molar-refractivity contribution in [3.63, 3.8) is 0 Å². The summed E-state index contributed by atoms with van der Waals surface area (Å²) in [6, 6.07) is 0. The average molecular weight is 307 g/mol.